The first-order valence-electron chi connectivity index (χ1n) is 8.29. The van der Waals surface area contributed by atoms with Crippen LogP contribution in [-0.4, -0.2) is 52.5 Å². The van der Waals surface area contributed by atoms with Crippen LogP contribution < -0.4 is 4.90 Å². The number of piperazine rings is 1. The van der Waals surface area contributed by atoms with Crippen molar-refractivity contribution in [3.63, 3.8) is 0 Å². The molecule has 25 heavy (non-hydrogen) atoms. The number of anilines is 1. The van der Waals surface area contributed by atoms with Gasteiger partial charge in [0.2, 0.25) is 5.82 Å². The summed E-state index contributed by atoms with van der Waals surface area (Å²) in [4.78, 5) is 25.0. The third-order valence-electron chi connectivity index (χ3n) is 4.31. The van der Waals surface area contributed by atoms with Gasteiger partial charge >= 0.3 is 5.69 Å². The van der Waals surface area contributed by atoms with Crippen LogP contribution in [0.25, 0.3) is 0 Å². The summed E-state index contributed by atoms with van der Waals surface area (Å²) in [5.41, 5.74) is 1.15. The highest BCUT2D eigenvalue weighted by Gasteiger charge is 2.29. The summed E-state index contributed by atoms with van der Waals surface area (Å²) in [5.74, 6) is 0.422. The van der Waals surface area contributed by atoms with Crippen LogP contribution in [-0.2, 0) is 0 Å². The summed E-state index contributed by atoms with van der Waals surface area (Å²) < 4.78 is 0. The molecule has 0 bridgehead atoms. The van der Waals surface area contributed by atoms with Crippen LogP contribution in [0.2, 0.25) is 0 Å². The lowest BCUT2D eigenvalue weighted by Crippen LogP contribution is -2.46. The Morgan fingerprint density at radius 1 is 1.16 bits per heavy atom. The molecule has 0 unspecified atom stereocenters. The Kier molecular flexibility index (Phi) is 5.50. The Morgan fingerprint density at radius 2 is 1.84 bits per heavy atom. The number of nitrogens with zero attached hydrogens (tertiary/aromatic N) is 5. The number of aromatic nitrogens is 2. The summed E-state index contributed by atoms with van der Waals surface area (Å²) in [6.07, 6.45) is 1.42. The highest BCUT2D eigenvalue weighted by atomic mass is 32.2. The summed E-state index contributed by atoms with van der Waals surface area (Å²) in [6.45, 7) is 8.37. The molecule has 0 atom stereocenters. The molecular weight excluding hydrogens is 338 g/mol. The van der Waals surface area contributed by atoms with Crippen LogP contribution in [0.4, 0.5) is 11.5 Å². The van der Waals surface area contributed by atoms with Gasteiger partial charge in [0, 0.05) is 31.1 Å². The van der Waals surface area contributed by atoms with E-state index < -0.39 is 0 Å². The lowest BCUT2D eigenvalue weighted by molar-refractivity contribution is -0.387. The molecule has 1 aromatic heterocycles. The molecule has 1 aliphatic heterocycles. The van der Waals surface area contributed by atoms with E-state index in [0.717, 1.165) is 43.2 Å². The SMILES string of the molecule is CCN1CCN(c2ncnc(Sc3ccc(C)cc3)c2[N+](=O)[O-])CC1. The van der Waals surface area contributed by atoms with Crippen LogP contribution in [0.15, 0.2) is 40.5 Å². The molecule has 132 valence electrons. The Balaban J connectivity index is 1.89. The fourth-order valence-corrected chi connectivity index (χ4v) is 3.67. The molecule has 7 nitrogen and oxygen atoms in total. The van der Waals surface area contributed by atoms with Crippen LogP contribution in [0, 0.1) is 17.0 Å². The first-order valence-corrected chi connectivity index (χ1v) is 9.11. The molecule has 1 saturated heterocycles. The molecule has 8 heteroatoms. The van der Waals surface area contributed by atoms with Gasteiger partial charge < -0.3 is 9.80 Å². The molecular formula is C17H21N5O2S. The van der Waals surface area contributed by atoms with E-state index >= 15 is 0 Å². The molecule has 1 fully saturated rings. The maximum Gasteiger partial charge on any atom is 0.343 e. The highest BCUT2D eigenvalue weighted by Crippen LogP contribution is 2.38. The smallest absolute Gasteiger partial charge is 0.343 e. The lowest BCUT2D eigenvalue weighted by Gasteiger charge is -2.34. The van der Waals surface area contributed by atoms with Crippen LogP contribution in [0.5, 0.6) is 0 Å². The van der Waals surface area contributed by atoms with Gasteiger partial charge in [-0.15, -0.1) is 0 Å². The second-order valence-electron chi connectivity index (χ2n) is 5.94. The van der Waals surface area contributed by atoms with Gasteiger partial charge in [0.15, 0.2) is 5.03 Å². The molecule has 2 aromatic rings. The van der Waals surface area contributed by atoms with E-state index in [2.05, 4.69) is 21.8 Å². The Bertz CT molecular complexity index is 745. The van der Waals surface area contributed by atoms with Crippen LogP contribution in [0.1, 0.15) is 12.5 Å². The minimum Gasteiger partial charge on any atom is -0.348 e. The second kappa shape index (κ2) is 7.79. The fourth-order valence-electron chi connectivity index (χ4n) is 2.81. The average molecular weight is 359 g/mol. The number of hydrogen-bond donors (Lipinski definition) is 0. The third kappa shape index (κ3) is 4.08. The largest absolute Gasteiger partial charge is 0.348 e. The number of rotatable bonds is 5. The van der Waals surface area contributed by atoms with E-state index in [-0.39, 0.29) is 10.6 Å². The molecule has 0 radical (unpaired) electrons. The third-order valence-corrected chi connectivity index (χ3v) is 5.31. The van der Waals surface area contributed by atoms with E-state index in [1.165, 1.54) is 18.1 Å². The molecule has 0 aliphatic carbocycles. The summed E-state index contributed by atoms with van der Waals surface area (Å²) in [6, 6.07) is 7.87. The molecule has 1 aromatic carbocycles. The van der Waals surface area contributed by atoms with Gasteiger partial charge in [-0.05, 0) is 25.6 Å². The van der Waals surface area contributed by atoms with Crippen molar-refractivity contribution in [1.82, 2.24) is 14.9 Å². The minimum absolute atomic E-state index is 0.00183. The second-order valence-corrected chi connectivity index (χ2v) is 7.01. The first kappa shape index (κ1) is 17.6. The van der Waals surface area contributed by atoms with Gasteiger partial charge in [-0.3, -0.25) is 10.1 Å². The number of aryl methyl sites for hydroxylation is 1. The molecule has 0 amide bonds. The van der Waals surface area contributed by atoms with Crippen molar-refractivity contribution >= 4 is 23.3 Å². The van der Waals surface area contributed by atoms with E-state index in [9.17, 15) is 10.1 Å². The quantitative estimate of drug-likeness (QED) is 0.461. The Morgan fingerprint density at radius 3 is 2.44 bits per heavy atom. The molecule has 3 rings (SSSR count). The number of benzene rings is 1. The van der Waals surface area contributed by atoms with Crippen molar-refractivity contribution in [2.75, 3.05) is 37.6 Å². The van der Waals surface area contributed by atoms with Gasteiger partial charge in [0.05, 0.1) is 4.92 Å². The summed E-state index contributed by atoms with van der Waals surface area (Å²) >= 11 is 1.30. The molecule has 0 N–H and O–H groups in total. The molecule has 0 spiro atoms. The maximum atomic E-state index is 11.7. The van der Waals surface area contributed by atoms with Gasteiger partial charge in [-0.1, -0.05) is 36.4 Å². The van der Waals surface area contributed by atoms with Crippen molar-refractivity contribution in [3.8, 4) is 0 Å². The maximum absolute atomic E-state index is 11.7. The average Bonchev–Trinajstić information content (AvgIpc) is 2.63. The minimum atomic E-state index is -0.363. The highest BCUT2D eigenvalue weighted by molar-refractivity contribution is 7.99. The molecule has 0 saturated carbocycles. The van der Waals surface area contributed by atoms with Crippen molar-refractivity contribution in [3.05, 3.63) is 46.3 Å². The van der Waals surface area contributed by atoms with E-state index in [4.69, 9.17) is 0 Å². The standard InChI is InChI=1S/C17H21N5O2S/c1-3-20-8-10-21(11-9-20)16-15(22(23)24)17(19-12-18-16)25-14-6-4-13(2)5-7-14/h4-7,12H,3,8-11H2,1-2H3. The zero-order valence-corrected chi connectivity index (χ0v) is 15.2. The van der Waals surface area contributed by atoms with E-state index in [0.29, 0.717) is 10.8 Å². The Hall–Kier alpha value is -2.19. The summed E-state index contributed by atoms with van der Waals surface area (Å²) in [5, 5.41) is 12.1. The van der Waals surface area contributed by atoms with Gasteiger partial charge in [0.25, 0.3) is 0 Å². The van der Waals surface area contributed by atoms with Gasteiger partial charge in [-0.25, -0.2) is 9.97 Å². The monoisotopic (exact) mass is 359 g/mol. The number of likely N-dealkylation sites (N-methyl/N-ethyl adjacent to an activating group) is 1. The zero-order chi connectivity index (χ0) is 17.8. The topological polar surface area (TPSA) is 75.4 Å². The van der Waals surface area contributed by atoms with Crippen molar-refractivity contribution in [2.24, 2.45) is 0 Å². The number of hydrogen-bond acceptors (Lipinski definition) is 7. The normalized spacial score (nSPS) is 15.4. The first-order chi connectivity index (χ1) is 12.1. The predicted molar refractivity (Wildman–Crippen MR) is 98.3 cm³/mol. The van der Waals surface area contributed by atoms with Crippen molar-refractivity contribution < 1.29 is 4.92 Å². The molecule has 2 heterocycles. The fraction of sp³-hybridized carbons (Fsp3) is 0.412. The van der Waals surface area contributed by atoms with Crippen LogP contribution in [0.3, 0.4) is 0 Å². The summed E-state index contributed by atoms with van der Waals surface area (Å²) in [7, 11) is 0. The molecule has 1 aliphatic rings. The van der Waals surface area contributed by atoms with E-state index in [1.54, 1.807) is 0 Å². The van der Waals surface area contributed by atoms with Gasteiger partial charge in [-0.2, -0.15) is 0 Å². The van der Waals surface area contributed by atoms with E-state index in [1.807, 2.05) is 36.1 Å². The lowest BCUT2D eigenvalue weighted by atomic mass is 10.2. The predicted octanol–water partition coefficient (Wildman–Crippen LogP) is 2.99. The van der Waals surface area contributed by atoms with Gasteiger partial charge in [0.1, 0.15) is 6.33 Å². The zero-order valence-electron chi connectivity index (χ0n) is 14.4. The Labute approximate surface area is 151 Å². The number of nitro groups is 1. The van der Waals surface area contributed by atoms with Crippen molar-refractivity contribution in [2.45, 2.75) is 23.8 Å². The van der Waals surface area contributed by atoms with Crippen molar-refractivity contribution in [1.29, 1.82) is 0 Å². The van der Waals surface area contributed by atoms with Crippen LogP contribution >= 0.6 is 11.8 Å².